The van der Waals surface area contributed by atoms with Crippen molar-refractivity contribution in [1.82, 2.24) is 20.4 Å². The van der Waals surface area contributed by atoms with E-state index in [1.807, 2.05) is 35.2 Å². The lowest BCUT2D eigenvalue weighted by atomic mass is 9.90. The van der Waals surface area contributed by atoms with Crippen LogP contribution in [0.3, 0.4) is 0 Å². The number of likely N-dealkylation sites (tertiary alicyclic amines) is 1. The second-order valence-electron chi connectivity index (χ2n) is 9.25. The quantitative estimate of drug-likeness (QED) is 0.524. The van der Waals surface area contributed by atoms with E-state index in [1.165, 1.54) is 12.1 Å². The zero-order chi connectivity index (χ0) is 23.7. The molecule has 5 rings (SSSR count). The summed E-state index contributed by atoms with van der Waals surface area (Å²) in [4.78, 5) is 27.7. The minimum absolute atomic E-state index is 0.00400. The maximum Gasteiger partial charge on any atom is 0.253 e. The Morgan fingerprint density at radius 3 is 2.44 bits per heavy atom. The molecule has 7 nitrogen and oxygen atoms in total. The molecule has 1 saturated carbocycles. The van der Waals surface area contributed by atoms with Crippen LogP contribution in [0.4, 0.5) is 4.39 Å². The molecule has 0 radical (unpaired) electrons. The number of aromatic nitrogens is 2. The lowest BCUT2D eigenvalue weighted by molar-refractivity contribution is -0.124. The van der Waals surface area contributed by atoms with Gasteiger partial charge in [-0.25, -0.2) is 4.39 Å². The third-order valence-corrected chi connectivity index (χ3v) is 7.27. The van der Waals surface area contributed by atoms with Gasteiger partial charge in [-0.3, -0.25) is 14.7 Å². The van der Waals surface area contributed by atoms with Gasteiger partial charge in [0.2, 0.25) is 5.91 Å². The van der Waals surface area contributed by atoms with E-state index in [2.05, 4.69) is 15.5 Å². The topological polar surface area (TPSA) is 98.3 Å². The fourth-order valence-electron chi connectivity index (χ4n) is 5.02. The van der Waals surface area contributed by atoms with Gasteiger partial charge in [-0.2, -0.15) is 5.10 Å². The van der Waals surface area contributed by atoms with Gasteiger partial charge in [0.15, 0.2) is 0 Å². The third kappa shape index (κ3) is 4.33. The number of carbonyl (C=O) groups excluding carboxylic acids is 2. The Hall–Kier alpha value is -3.52. The Morgan fingerprint density at radius 2 is 1.82 bits per heavy atom. The van der Waals surface area contributed by atoms with Gasteiger partial charge >= 0.3 is 0 Å². The van der Waals surface area contributed by atoms with Crippen LogP contribution >= 0.6 is 0 Å². The van der Waals surface area contributed by atoms with Crippen molar-refractivity contribution in [3.63, 3.8) is 0 Å². The number of nitrogens with one attached hydrogen (secondary N) is 2. The van der Waals surface area contributed by atoms with Crippen molar-refractivity contribution in [2.24, 2.45) is 11.3 Å². The molecule has 1 aliphatic heterocycles. The van der Waals surface area contributed by atoms with Crippen molar-refractivity contribution < 1.29 is 19.1 Å². The molecule has 1 aliphatic carbocycles. The smallest absolute Gasteiger partial charge is 0.253 e. The lowest BCUT2D eigenvalue weighted by Crippen LogP contribution is -2.41. The van der Waals surface area contributed by atoms with Gasteiger partial charge < -0.3 is 15.3 Å². The first-order chi connectivity index (χ1) is 16.5. The van der Waals surface area contributed by atoms with E-state index < -0.39 is 6.04 Å². The van der Waals surface area contributed by atoms with E-state index >= 15 is 0 Å². The fourth-order valence-corrected chi connectivity index (χ4v) is 5.02. The Balaban J connectivity index is 1.15. The largest absolute Gasteiger partial charge is 0.394 e. The van der Waals surface area contributed by atoms with Crippen molar-refractivity contribution in [3.8, 4) is 11.3 Å². The number of carbonyl (C=O) groups is 2. The molecule has 2 unspecified atom stereocenters. The van der Waals surface area contributed by atoms with Crippen LogP contribution in [0.1, 0.15) is 41.2 Å². The number of aromatic amines is 1. The summed E-state index contributed by atoms with van der Waals surface area (Å²) in [7, 11) is 0. The van der Waals surface area contributed by atoms with E-state index in [0.717, 1.165) is 30.5 Å². The molecule has 2 amide bonds. The molecule has 2 atom stereocenters. The zero-order valence-electron chi connectivity index (χ0n) is 18.7. The number of aliphatic hydroxyl groups excluding tert-OH is 1. The standard InChI is InChI=1S/C26H27FN4O3/c27-20-7-5-18(6-8-20)23(16-32)29-24(33)21-15-26(21)10-13-31(14-11-26)25(34)19-3-1-17(2-4-19)22-9-12-28-30-22/h1-9,12,21,23,32H,10-11,13-16H2,(H,28,30)(H,29,33). The number of benzene rings is 2. The molecule has 3 N–H and O–H groups in total. The first kappa shape index (κ1) is 22.3. The summed E-state index contributed by atoms with van der Waals surface area (Å²) in [6, 6.07) is 14.6. The highest BCUT2D eigenvalue weighted by molar-refractivity contribution is 5.94. The molecule has 34 heavy (non-hydrogen) atoms. The average molecular weight is 463 g/mol. The van der Waals surface area contributed by atoms with Gasteiger partial charge in [0.1, 0.15) is 5.82 Å². The van der Waals surface area contributed by atoms with Crippen LogP contribution < -0.4 is 5.32 Å². The number of hydrogen-bond acceptors (Lipinski definition) is 4. The van der Waals surface area contributed by atoms with Gasteiger partial charge in [0.05, 0.1) is 18.3 Å². The summed E-state index contributed by atoms with van der Waals surface area (Å²) < 4.78 is 13.2. The third-order valence-electron chi connectivity index (χ3n) is 7.27. The summed E-state index contributed by atoms with van der Waals surface area (Å²) in [6.45, 7) is 0.983. The molecule has 2 aromatic carbocycles. The molecule has 3 aromatic rings. The maximum absolute atomic E-state index is 13.2. The Labute approximate surface area is 197 Å². The van der Waals surface area contributed by atoms with E-state index in [4.69, 9.17) is 0 Å². The summed E-state index contributed by atoms with van der Waals surface area (Å²) in [5.41, 5.74) is 3.12. The number of nitrogens with zero attached hydrogens (tertiary/aromatic N) is 2. The van der Waals surface area contributed by atoms with Crippen molar-refractivity contribution in [2.75, 3.05) is 19.7 Å². The first-order valence-corrected chi connectivity index (χ1v) is 11.5. The normalized spacial score (nSPS) is 19.6. The average Bonchev–Trinajstić information content (AvgIpc) is 3.28. The fraction of sp³-hybridized carbons (Fsp3) is 0.346. The predicted octanol–water partition coefficient (Wildman–Crippen LogP) is 3.31. The van der Waals surface area contributed by atoms with Gasteiger partial charge in [0.25, 0.3) is 5.91 Å². The molecule has 1 aromatic heterocycles. The number of rotatable bonds is 6. The second kappa shape index (κ2) is 9.02. The maximum atomic E-state index is 13.2. The molecular weight excluding hydrogens is 435 g/mol. The Morgan fingerprint density at radius 1 is 1.12 bits per heavy atom. The van der Waals surface area contributed by atoms with E-state index in [0.29, 0.717) is 24.2 Å². The van der Waals surface area contributed by atoms with Gasteiger partial charge in [0, 0.05) is 30.8 Å². The van der Waals surface area contributed by atoms with E-state index in [1.54, 1.807) is 18.3 Å². The number of aliphatic hydroxyl groups is 1. The molecule has 0 bridgehead atoms. The number of halogens is 1. The monoisotopic (exact) mass is 462 g/mol. The van der Waals surface area contributed by atoms with Crippen molar-refractivity contribution in [2.45, 2.75) is 25.3 Å². The highest BCUT2D eigenvalue weighted by Crippen LogP contribution is 2.59. The van der Waals surface area contributed by atoms with Gasteiger partial charge in [-0.05, 0) is 66.1 Å². The summed E-state index contributed by atoms with van der Waals surface area (Å²) >= 11 is 0. The van der Waals surface area contributed by atoms with E-state index in [9.17, 15) is 19.1 Å². The van der Waals surface area contributed by atoms with E-state index in [-0.39, 0.29) is 35.6 Å². The molecule has 2 aliphatic rings. The molecule has 1 spiro atoms. The van der Waals surface area contributed by atoms with Crippen LogP contribution in [0.5, 0.6) is 0 Å². The minimum atomic E-state index is -0.558. The predicted molar refractivity (Wildman–Crippen MR) is 124 cm³/mol. The molecule has 8 heteroatoms. The molecule has 176 valence electrons. The molecule has 1 saturated heterocycles. The summed E-state index contributed by atoms with van der Waals surface area (Å²) in [5.74, 6) is -0.558. The van der Waals surface area contributed by atoms with Crippen LogP contribution in [0.2, 0.25) is 0 Å². The van der Waals surface area contributed by atoms with Crippen LogP contribution in [-0.4, -0.2) is 51.7 Å². The van der Waals surface area contributed by atoms with Crippen LogP contribution in [0.15, 0.2) is 60.8 Å². The Bertz CT molecular complexity index is 1150. The minimum Gasteiger partial charge on any atom is -0.394 e. The van der Waals surface area contributed by atoms with Crippen LogP contribution in [-0.2, 0) is 4.79 Å². The molecule has 2 fully saturated rings. The van der Waals surface area contributed by atoms with Crippen LogP contribution in [0, 0.1) is 17.2 Å². The summed E-state index contributed by atoms with van der Waals surface area (Å²) in [5, 5.41) is 19.5. The van der Waals surface area contributed by atoms with Crippen molar-refractivity contribution in [3.05, 3.63) is 77.7 Å². The molecule has 2 heterocycles. The number of H-pyrrole nitrogens is 1. The van der Waals surface area contributed by atoms with Gasteiger partial charge in [-0.1, -0.05) is 24.3 Å². The van der Waals surface area contributed by atoms with Crippen LogP contribution in [0.25, 0.3) is 11.3 Å². The zero-order valence-corrected chi connectivity index (χ0v) is 18.7. The second-order valence-corrected chi connectivity index (χ2v) is 9.25. The Kier molecular flexibility index (Phi) is 5.91. The first-order valence-electron chi connectivity index (χ1n) is 11.5. The lowest BCUT2D eigenvalue weighted by Gasteiger charge is -2.33. The summed E-state index contributed by atoms with van der Waals surface area (Å²) in [6.07, 6.45) is 4.05. The molecular formula is C26H27FN4O3. The van der Waals surface area contributed by atoms with Gasteiger partial charge in [-0.15, -0.1) is 0 Å². The SMILES string of the molecule is O=C(NC(CO)c1ccc(F)cc1)C1CC12CCN(C(=O)c1ccc(-c3ccn[nH]3)cc1)CC2. The van der Waals surface area contributed by atoms with Crippen molar-refractivity contribution in [1.29, 1.82) is 0 Å². The highest BCUT2D eigenvalue weighted by Gasteiger charge is 2.58. The number of hydrogen-bond donors (Lipinski definition) is 3. The van der Waals surface area contributed by atoms with Crippen molar-refractivity contribution >= 4 is 11.8 Å². The number of amides is 2. The number of piperidine rings is 1. The highest BCUT2D eigenvalue weighted by atomic mass is 19.1.